The van der Waals surface area contributed by atoms with Crippen LogP contribution in [0.1, 0.15) is 13.8 Å². The molecule has 0 saturated carbocycles. The van der Waals surface area contributed by atoms with Crippen LogP contribution in [0.4, 0.5) is 0 Å². The Morgan fingerprint density at radius 3 is 2.90 bits per heavy atom. The van der Waals surface area contributed by atoms with Gasteiger partial charge in [-0.05, 0) is 12.5 Å². The second-order valence-electron chi connectivity index (χ2n) is 2.58. The number of hydrogen-bond acceptors (Lipinski definition) is 0. The summed E-state index contributed by atoms with van der Waals surface area (Å²) >= 11 is 0. The van der Waals surface area contributed by atoms with Gasteiger partial charge in [-0.3, -0.25) is 0 Å². The zero-order chi connectivity index (χ0) is 7.56. The highest BCUT2D eigenvalue weighted by molar-refractivity contribution is 5.32. The van der Waals surface area contributed by atoms with Crippen LogP contribution in [0.2, 0.25) is 0 Å². The predicted molar refractivity (Wildman–Crippen MR) is 42.4 cm³/mol. The van der Waals surface area contributed by atoms with E-state index in [1.165, 1.54) is 5.57 Å². The molecule has 1 rings (SSSR count). The van der Waals surface area contributed by atoms with Crippen molar-refractivity contribution >= 4 is 6.79 Å². The van der Waals surface area contributed by atoms with Crippen molar-refractivity contribution in [1.82, 2.24) is 0 Å². The van der Waals surface area contributed by atoms with Crippen LogP contribution in [-0.4, -0.2) is 6.79 Å². The van der Waals surface area contributed by atoms with Crippen LogP contribution in [-0.2, 0) is 4.42 Å². The van der Waals surface area contributed by atoms with E-state index in [9.17, 15) is 0 Å². The molecule has 10 heavy (non-hydrogen) atoms. The zero-order valence-corrected chi connectivity index (χ0v) is 6.42. The summed E-state index contributed by atoms with van der Waals surface area (Å²) in [7, 11) is 0. The minimum atomic E-state index is 0.527. The van der Waals surface area contributed by atoms with Gasteiger partial charge in [-0.15, -0.1) is 12.2 Å². The standard InChI is InChI=1S/C9H12O/c1-7-4-5-9(10-3)8(2)6-7/h4-7H,3H2,1-2H3. The minimum Gasteiger partial charge on any atom is -0.311 e. The maximum absolute atomic E-state index is 4.86. The van der Waals surface area contributed by atoms with Crippen molar-refractivity contribution in [1.29, 1.82) is 0 Å². The molecule has 0 amide bonds. The van der Waals surface area contributed by atoms with Crippen LogP contribution >= 0.6 is 0 Å². The molecule has 1 unspecified atom stereocenters. The van der Waals surface area contributed by atoms with Crippen LogP contribution in [0.25, 0.3) is 0 Å². The lowest BCUT2D eigenvalue weighted by molar-refractivity contribution is -0.382. The van der Waals surface area contributed by atoms with Gasteiger partial charge in [-0.25, -0.2) is 6.42 Å². The Kier molecular flexibility index (Phi) is 1.95. The summed E-state index contributed by atoms with van der Waals surface area (Å²) in [5.41, 5.74) is 1.17. The van der Waals surface area contributed by atoms with Gasteiger partial charge in [0.25, 0.3) is 6.79 Å². The van der Waals surface area contributed by atoms with E-state index in [1.807, 2.05) is 13.0 Å². The lowest BCUT2D eigenvalue weighted by atomic mass is 9.98. The average Bonchev–Trinajstić information content (AvgIpc) is 1.88. The number of rotatable bonds is 1. The summed E-state index contributed by atoms with van der Waals surface area (Å²) in [4.78, 5) is 0. The fourth-order valence-electron chi connectivity index (χ4n) is 1.06. The molecule has 0 spiro atoms. The number of hydrogen-bond donors (Lipinski definition) is 0. The van der Waals surface area contributed by atoms with Gasteiger partial charge >= 0.3 is 0 Å². The summed E-state index contributed by atoms with van der Waals surface area (Å²) < 4.78 is 4.86. The molecule has 1 aliphatic carbocycles. The summed E-state index contributed by atoms with van der Waals surface area (Å²) in [5, 5.41) is 0. The Morgan fingerprint density at radius 1 is 1.70 bits per heavy atom. The second-order valence-corrected chi connectivity index (χ2v) is 2.58. The molecule has 0 heterocycles. The van der Waals surface area contributed by atoms with E-state index < -0.39 is 0 Å². The molecule has 0 aromatic heterocycles. The van der Waals surface area contributed by atoms with Crippen molar-refractivity contribution in [2.24, 2.45) is 5.92 Å². The van der Waals surface area contributed by atoms with Gasteiger partial charge < -0.3 is 4.42 Å². The first-order valence-corrected chi connectivity index (χ1v) is 3.40. The Bertz CT molecular complexity index is 199. The van der Waals surface area contributed by atoms with Crippen molar-refractivity contribution in [3.05, 3.63) is 29.9 Å². The summed E-state index contributed by atoms with van der Waals surface area (Å²) in [5.74, 6) is 1.40. The highest BCUT2D eigenvalue weighted by Gasteiger charge is 2.05. The maximum atomic E-state index is 4.86. The molecule has 0 aromatic rings. The zero-order valence-electron chi connectivity index (χ0n) is 6.42. The third-order valence-electron chi connectivity index (χ3n) is 1.61. The first-order valence-electron chi connectivity index (χ1n) is 3.40. The first kappa shape index (κ1) is 7.13. The Hall–Kier alpha value is -0.980. The van der Waals surface area contributed by atoms with Crippen molar-refractivity contribution in [2.45, 2.75) is 13.8 Å². The SMILES string of the molecule is C=[O+]C1=C[CH-]C(C)C=C1C. The van der Waals surface area contributed by atoms with Gasteiger partial charge in [-0.1, -0.05) is 12.8 Å². The highest BCUT2D eigenvalue weighted by Crippen LogP contribution is 2.19. The highest BCUT2D eigenvalue weighted by atomic mass is 16.4. The maximum Gasteiger partial charge on any atom is 0.258 e. The topological polar surface area (TPSA) is 11.3 Å². The molecule has 0 N–H and O–H groups in total. The van der Waals surface area contributed by atoms with Crippen LogP contribution in [0.5, 0.6) is 0 Å². The Balaban J connectivity index is 2.81. The number of allylic oxidation sites excluding steroid dienone is 3. The van der Waals surface area contributed by atoms with Crippen LogP contribution in [0.3, 0.4) is 0 Å². The van der Waals surface area contributed by atoms with E-state index in [0.717, 1.165) is 5.76 Å². The monoisotopic (exact) mass is 136 g/mol. The van der Waals surface area contributed by atoms with Crippen molar-refractivity contribution in [2.75, 3.05) is 0 Å². The summed E-state index contributed by atoms with van der Waals surface area (Å²) in [6.45, 7) is 7.52. The lowest BCUT2D eigenvalue weighted by Crippen LogP contribution is -1.99. The van der Waals surface area contributed by atoms with E-state index in [2.05, 4.69) is 26.2 Å². The van der Waals surface area contributed by atoms with Crippen molar-refractivity contribution < 1.29 is 4.42 Å². The summed E-state index contributed by atoms with van der Waals surface area (Å²) in [6, 6.07) is 0. The molecule has 1 atom stereocenters. The van der Waals surface area contributed by atoms with Crippen molar-refractivity contribution in [3.8, 4) is 0 Å². The van der Waals surface area contributed by atoms with Crippen LogP contribution < -0.4 is 0 Å². The molecule has 0 fully saturated rings. The van der Waals surface area contributed by atoms with Crippen LogP contribution in [0, 0.1) is 12.3 Å². The lowest BCUT2D eigenvalue weighted by Gasteiger charge is -2.15. The van der Waals surface area contributed by atoms with E-state index >= 15 is 0 Å². The Labute approximate surface area is 61.8 Å². The van der Waals surface area contributed by atoms with Gasteiger partial charge in [0.1, 0.15) is 0 Å². The average molecular weight is 136 g/mol. The molecular weight excluding hydrogens is 124 g/mol. The van der Waals surface area contributed by atoms with Crippen molar-refractivity contribution in [3.63, 3.8) is 0 Å². The van der Waals surface area contributed by atoms with Gasteiger partial charge in [0.05, 0.1) is 0 Å². The molecule has 0 bridgehead atoms. The van der Waals surface area contributed by atoms with E-state index in [-0.39, 0.29) is 0 Å². The smallest absolute Gasteiger partial charge is 0.258 e. The normalized spacial score (nSPS) is 24.4. The molecule has 1 aliphatic rings. The van der Waals surface area contributed by atoms with Gasteiger partial charge in [0.15, 0.2) is 0 Å². The molecule has 0 radical (unpaired) electrons. The van der Waals surface area contributed by atoms with Gasteiger partial charge in [0.2, 0.25) is 5.76 Å². The Morgan fingerprint density at radius 2 is 2.40 bits per heavy atom. The first-order chi connectivity index (χ1) is 4.74. The van der Waals surface area contributed by atoms with Crippen LogP contribution in [0.15, 0.2) is 23.5 Å². The molecule has 54 valence electrons. The predicted octanol–water partition coefficient (Wildman–Crippen LogP) is 2.03. The minimum absolute atomic E-state index is 0.527. The second kappa shape index (κ2) is 2.74. The molecule has 0 saturated heterocycles. The molecule has 0 aromatic carbocycles. The fraction of sp³-hybridized carbons (Fsp3) is 0.333. The van der Waals surface area contributed by atoms with E-state index in [0.29, 0.717) is 5.92 Å². The molecule has 0 aliphatic heterocycles. The van der Waals surface area contributed by atoms with Gasteiger partial charge in [0, 0.05) is 0 Å². The van der Waals surface area contributed by atoms with E-state index in [4.69, 9.17) is 4.42 Å². The van der Waals surface area contributed by atoms with Gasteiger partial charge in [-0.2, -0.15) is 0 Å². The third kappa shape index (κ3) is 1.29. The molecule has 1 nitrogen and oxygen atoms in total. The third-order valence-corrected chi connectivity index (χ3v) is 1.61. The number of carbonyl (C=O) groups excluding carboxylic acids is 1. The molecule has 1 heteroatoms. The fourth-order valence-corrected chi connectivity index (χ4v) is 1.06. The quantitative estimate of drug-likeness (QED) is 0.386. The van der Waals surface area contributed by atoms with E-state index in [1.54, 1.807) is 0 Å². The largest absolute Gasteiger partial charge is 0.311 e. The molecular formula is C9H12O. The summed E-state index contributed by atoms with van der Waals surface area (Å²) in [6.07, 6.45) is 6.21.